The van der Waals surface area contributed by atoms with E-state index in [9.17, 15) is 0 Å². The van der Waals surface area contributed by atoms with Gasteiger partial charge in [-0.2, -0.15) is 4.98 Å². The van der Waals surface area contributed by atoms with E-state index < -0.39 is 0 Å². The van der Waals surface area contributed by atoms with Gasteiger partial charge in [0.1, 0.15) is 16.3 Å². The lowest BCUT2D eigenvalue weighted by molar-refractivity contribution is 0.158. The summed E-state index contributed by atoms with van der Waals surface area (Å²) in [5, 5.41) is 7.26. The van der Waals surface area contributed by atoms with Crippen LogP contribution in [0, 0.1) is 13.8 Å². The van der Waals surface area contributed by atoms with Crippen LogP contribution >= 0.6 is 11.3 Å². The van der Waals surface area contributed by atoms with Crippen molar-refractivity contribution in [2.24, 2.45) is 0 Å². The third-order valence-electron chi connectivity index (χ3n) is 3.76. The molecule has 0 fully saturated rings. The molecule has 2 N–H and O–H groups in total. The lowest BCUT2D eigenvalue weighted by Gasteiger charge is -2.12. The van der Waals surface area contributed by atoms with Gasteiger partial charge in [-0.3, -0.25) is 4.98 Å². The molecule has 0 aliphatic carbocycles. The van der Waals surface area contributed by atoms with E-state index in [2.05, 4.69) is 39.4 Å². The summed E-state index contributed by atoms with van der Waals surface area (Å²) < 4.78 is 6.45. The number of aryl methyl sites for hydroxylation is 2. The molecule has 0 aliphatic heterocycles. The summed E-state index contributed by atoms with van der Waals surface area (Å²) in [4.78, 5) is 18.2. The Kier molecular flexibility index (Phi) is 11.8. The van der Waals surface area contributed by atoms with E-state index in [4.69, 9.17) is 9.72 Å². The number of nitrogens with zero attached hydrogens (tertiary/aromatic N) is 4. The van der Waals surface area contributed by atoms with E-state index in [0.717, 1.165) is 38.0 Å². The molecule has 0 saturated carbocycles. The summed E-state index contributed by atoms with van der Waals surface area (Å²) >= 11 is 1.63. The minimum absolute atomic E-state index is 0.587. The Morgan fingerprint density at radius 2 is 1.73 bits per heavy atom. The maximum Gasteiger partial charge on any atom is 0.224 e. The first-order valence-corrected chi connectivity index (χ1v) is 11.5. The molecule has 0 amide bonds. The Bertz CT molecular complexity index is 897. The summed E-state index contributed by atoms with van der Waals surface area (Å²) in [7, 11) is 1.86. The Hall–Kier alpha value is -2.32. The third kappa shape index (κ3) is 6.88. The van der Waals surface area contributed by atoms with Crippen LogP contribution in [-0.2, 0) is 4.74 Å². The van der Waals surface area contributed by atoms with Crippen LogP contribution in [0.1, 0.15) is 52.4 Å². The van der Waals surface area contributed by atoms with Crippen LogP contribution in [0.25, 0.3) is 20.8 Å². The van der Waals surface area contributed by atoms with Crippen molar-refractivity contribution in [1.29, 1.82) is 0 Å². The zero-order chi connectivity index (χ0) is 22.5. The summed E-state index contributed by atoms with van der Waals surface area (Å²) in [6.07, 6.45) is 3.06. The van der Waals surface area contributed by atoms with Crippen LogP contribution in [0.4, 0.5) is 11.8 Å². The van der Waals surface area contributed by atoms with Crippen molar-refractivity contribution < 1.29 is 4.74 Å². The molecule has 3 aromatic heterocycles. The van der Waals surface area contributed by atoms with Crippen molar-refractivity contribution in [1.82, 2.24) is 19.9 Å². The lowest BCUT2D eigenvalue weighted by Crippen LogP contribution is -2.13. The number of aromatic nitrogens is 4. The number of thiazole rings is 1. The van der Waals surface area contributed by atoms with Crippen LogP contribution in [0.2, 0.25) is 0 Å². The fourth-order valence-corrected chi connectivity index (χ4v) is 3.67. The molecule has 3 aromatic rings. The molecule has 166 valence electrons. The number of hydrogen-bond acceptors (Lipinski definition) is 8. The van der Waals surface area contributed by atoms with E-state index in [1.165, 1.54) is 6.42 Å². The Morgan fingerprint density at radius 3 is 2.33 bits per heavy atom. The van der Waals surface area contributed by atoms with E-state index in [-0.39, 0.29) is 0 Å². The summed E-state index contributed by atoms with van der Waals surface area (Å²) in [6, 6.07) is 1.99. The molecule has 0 aromatic carbocycles. The van der Waals surface area contributed by atoms with Gasteiger partial charge in [-0.05, 0) is 26.8 Å². The van der Waals surface area contributed by atoms with Gasteiger partial charge in [-0.1, -0.05) is 34.1 Å². The molecule has 0 bridgehead atoms. The topological polar surface area (TPSA) is 84.8 Å². The first-order chi connectivity index (χ1) is 14.5. The highest BCUT2D eigenvalue weighted by Crippen LogP contribution is 2.36. The molecule has 3 heterocycles. The number of fused-ring (bicyclic) bond motifs is 1. The zero-order valence-corrected chi connectivity index (χ0v) is 20.4. The summed E-state index contributed by atoms with van der Waals surface area (Å²) in [5.74, 6) is 1.35. The number of nitrogens with one attached hydrogen (secondary N) is 2. The second-order valence-electron chi connectivity index (χ2n) is 6.20. The Labute approximate surface area is 184 Å². The van der Waals surface area contributed by atoms with Crippen LogP contribution < -0.4 is 10.6 Å². The fraction of sp³-hybridized carbons (Fsp3) is 0.545. The molecule has 30 heavy (non-hydrogen) atoms. The van der Waals surface area contributed by atoms with Gasteiger partial charge in [0.05, 0.1) is 28.3 Å². The van der Waals surface area contributed by atoms with Crippen molar-refractivity contribution >= 4 is 33.3 Å². The average molecular weight is 433 g/mol. The number of rotatable bonds is 7. The smallest absolute Gasteiger partial charge is 0.224 e. The highest BCUT2D eigenvalue weighted by molar-refractivity contribution is 7.21. The molecule has 0 unspecified atom stereocenters. The number of anilines is 2. The Balaban J connectivity index is 0.000000826. The summed E-state index contributed by atoms with van der Waals surface area (Å²) in [6.45, 7) is 16.2. The van der Waals surface area contributed by atoms with E-state index in [1.807, 2.05) is 53.9 Å². The van der Waals surface area contributed by atoms with Gasteiger partial charge in [-0.15, -0.1) is 11.3 Å². The van der Waals surface area contributed by atoms with Crippen LogP contribution in [0.3, 0.4) is 0 Å². The lowest BCUT2D eigenvalue weighted by atomic mass is 10.2. The first-order valence-electron chi connectivity index (χ1n) is 10.7. The SMILES string of the molecule is CC.CCC.CCOCCNc1nc(C)c(-c2nc3c(C)nccc3s2)c(NC)n1. The molecular formula is C22H36N6OS. The standard InChI is InChI=1S/C17H22N6OS.C3H8.C2H6/c1-5-24-9-8-20-17-21-10(2)13(15(18-4)23-17)16-22-14-11(3)19-7-6-12(14)25-16;1-3-2;1-2/h6-7H,5,8-9H2,1-4H3,(H2,18,20,21,23);3H2,1-2H3;1-2H3. The second kappa shape index (κ2) is 13.8. The molecule has 0 saturated heterocycles. The van der Waals surface area contributed by atoms with E-state index in [1.54, 1.807) is 11.3 Å². The second-order valence-corrected chi connectivity index (χ2v) is 7.23. The largest absolute Gasteiger partial charge is 0.380 e. The molecule has 8 heteroatoms. The molecule has 0 aliphatic rings. The highest BCUT2D eigenvalue weighted by Gasteiger charge is 2.17. The maximum atomic E-state index is 5.33. The molecular weight excluding hydrogens is 396 g/mol. The van der Waals surface area contributed by atoms with Gasteiger partial charge in [0.15, 0.2) is 0 Å². The quantitative estimate of drug-likeness (QED) is 0.463. The summed E-state index contributed by atoms with van der Waals surface area (Å²) in [5.41, 5.74) is 3.67. The van der Waals surface area contributed by atoms with Gasteiger partial charge >= 0.3 is 0 Å². The molecule has 0 radical (unpaired) electrons. The molecule has 0 spiro atoms. The van der Waals surface area contributed by atoms with Gasteiger partial charge in [-0.25, -0.2) is 9.97 Å². The minimum atomic E-state index is 0.587. The van der Waals surface area contributed by atoms with Crippen LogP contribution in [0.15, 0.2) is 12.3 Å². The average Bonchev–Trinajstić information content (AvgIpc) is 3.18. The third-order valence-corrected chi connectivity index (χ3v) is 4.80. The normalized spacial score (nSPS) is 10.0. The molecule has 0 atom stereocenters. The van der Waals surface area contributed by atoms with Crippen molar-refractivity contribution in [3.05, 3.63) is 23.7 Å². The minimum Gasteiger partial charge on any atom is -0.380 e. The van der Waals surface area contributed by atoms with Crippen LogP contribution in [-0.4, -0.2) is 46.7 Å². The Morgan fingerprint density at radius 1 is 1.03 bits per heavy atom. The van der Waals surface area contributed by atoms with Crippen molar-refractivity contribution in [3.8, 4) is 10.6 Å². The van der Waals surface area contributed by atoms with Gasteiger partial charge < -0.3 is 15.4 Å². The molecule has 3 rings (SSSR count). The predicted molar refractivity (Wildman–Crippen MR) is 130 cm³/mol. The first kappa shape index (κ1) is 25.7. The van der Waals surface area contributed by atoms with E-state index in [0.29, 0.717) is 25.7 Å². The fourth-order valence-electron chi connectivity index (χ4n) is 2.56. The zero-order valence-electron chi connectivity index (χ0n) is 19.6. The monoisotopic (exact) mass is 432 g/mol. The van der Waals surface area contributed by atoms with Crippen molar-refractivity contribution in [3.63, 3.8) is 0 Å². The van der Waals surface area contributed by atoms with Crippen LogP contribution in [0.5, 0.6) is 0 Å². The highest BCUT2D eigenvalue weighted by atomic mass is 32.1. The van der Waals surface area contributed by atoms with Crippen molar-refractivity contribution in [2.45, 2.75) is 54.9 Å². The number of ether oxygens (including phenoxy) is 1. The molecule has 7 nitrogen and oxygen atoms in total. The van der Waals surface area contributed by atoms with Gasteiger partial charge in [0.25, 0.3) is 0 Å². The number of hydrogen-bond donors (Lipinski definition) is 2. The van der Waals surface area contributed by atoms with Gasteiger partial charge in [0.2, 0.25) is 5.95 Å². The van der Waals surface area contributed by atoms with Gasteiger partial charge in [0, 0.05) is 26.4 Å². The predicted octanol–water partition coefficient (Wildman–Crippen LogP) is 5.70. The maximum absolute atomic E-state index is 5.33. The van der Waals surface area contributed by atoms with Crippen molar-refractivity contribution in [2.75, 3.05) is 37.4 Å². The van der Waals surface area contributed by atoms with E-state index >= 15 is 0 Å². The number of pyridine rings is 1.